The predicted octanol–water partition coefficient (Wildman–Crippen LogP) is 3.58. The van der Waals surface area contributed by atoms with Crippen LogP contribution in [0.3, 0.4) is 0 Å². The summed E-state index contributed by atoms with van der Waals surface area (Å²) in [6, 6.07) is 11.4. The number of carbonyl (C=O) groups is 2. The predicted molar refractivity (Wildman–Crippen MR) is 103 cm³/mol. The zero-order chi connectivity index (χ0) is 19.6. The van der Waals surface area contributed by atoms with Gasteiger partial charge in [-0.1, -0.05) is 39.0 Å². The highest BCUT2D eigenvalue weighted by Gasteiger charge is 2.27. The van der Waals surface area contributed by atoms with Crippen LogP contribution in [0.4, 0.5) is 5.82 Å². The number of aromatic nitrogens is 3. The van der Waals surface area contributed by atoms with E-state index in [4.69, 9.17) is 4.74 Å². The summed E-state index contributed by atoms with van der Waals surface area (Å²) in [5, 5.41) is 8.06. The lowest BCUT2D eigenvalue weighted by Crippen LogP contribution is -2.29. The number of fused-ring (bicyclic) bond motifs is 1. The molecule has 0 unspecified atom stereocenters. The SMILES string of the molecule is CCOC(=O)c1cnn(-c2ccc3ccccc3n2)c1NC(=O)C(C)(C)C. The Morgan fingerprint density at radius 3 is 2.59 bits per heavy atom. The summed E-state index contributed by atoms with van der Waals surface area (Å²) < 4.78 is 6.54. The summed E-state index contributed by atoms with van der Waals surface area (Å²) in [5.74, 6) is -0.0473. The lowest BCUT2D eigenvalue weighted by atomic mass is 9.96. The van der Waals surface area contributed by atoms with Gasteiger partial charge in [-0.15, -0.1) is 0 Å². The number of ether oxygens (including phenoxy) is 1. The molecule has 3 aromatic rings. The highest BCUT2D eigenvalue weighted by atomic mass is 16.5. The summed E-state index contributed by atoms with van der Waals surface area (Å²) in [6.07, 6.45) is 1.38. The fourth-order valence-electron chi connectivity index (χ4n) is 2.47. The second-order valence-electron chi connectivity index (χ2n) is 7.11. The maximum absolute atomic E-state index is 12.5. The average Bonchev–Trinajstić information content (AvgIpc) is 3.04. The van der Waals surface area contributed by atoms with Crippen LogP contribution in [-0.2, 0) is 9.53 Å². The van der Waals surface area contributed by atoms with Gasteiger partial charge in [0.15, 0.2) is 11.6 Å². The van der Waals surface area contributed by atoms with E-state index in [1.165, 1.54) is 10.9 Å². The highest BCUT2D eigenvalue weighted by Crippen LogP contribution is 2.25. The molecule has 0 aliphatic rings. The molecule has 7 nitrogen and oxygen atoms in total. The summed E-state index contributed by atoms with van der Waals surface area (Å²) in [5.41, 5.74) is 0.332. The maximum Gasteiger partial charge on any atom is 0.343 e. The summed E-state index contributed by atoms with van der Waals surface area (Å²) in [7, 11) is 0. The van der Waals surface area contributed by atoms with E-state index in [0.717, 1.165) is 10.9 Å². The first kappa shape index (κ1) is 18.6. The fraction of sp³-hybridized carbons (Fsp3) is 0.300. The molecule has 27 heavy (non-hydrogen) atoms. The van der Waals surface area contributed by atoms with Gasteiger partial charge in [0.1, 0.15) is 5.56 Å². The molecular weight excluding hydrogens is 344 g/mol. The van der Waals surface area contributed by atoms with Gasteiger partial charge in [-0.2, -0.15) is 9.78 Å². The van der Waals surface area contributed by atoms with Gasteiger partial charge in [0, 0.05) is 10.8 Å². The second kappa shape index (κ2) is 7.19. The van der Waals surface area contributed by atoms with Crippen molar-refractivity contribution in [3.05, 3.63) is 48.2 Å². The molecule has 3 rings (SSSR count). The van der Waals surface area contributed by atoms with E-state index in [2.05, 4.69) is 15.4 Å². The van der Waals surface area contributed by atoms with Crippen LogP contribution in [0.25, 0.3) is 16.7 Å². The van der Waals surface area contributed by atoms with Crippen molar-refractivity contribution in [3.63, 3.8) is 0 Å². The summed E-state index contributed by atoms with van der Waals surface area (Å²) in [6.45, 7) is 7.33. The molecule has 0 spiro atoms. The number of para-hydroxylation sites is 1. The largest absolute Gasteiger partial charge is 0.462 e. The molecule has 0 saturated carbocycles. The summed E-state index contributed by atoms with van der Waals surface area (Å²) >= 11 is 0. The van der Waals surface area contributed by atoms with Gasteiger partial charge >= 0.3 is 5.97 Å². The van der Waals surface area contributed by atoms with Crippen molar-refractivity contribution in [2.75, 3.05) is 11.9 Å². The van der Waals surface area contributed by atoms with E-state index in [0.29, 0.717) is 5.82 Å². The normalized spacial score (nSPS) is 11.4. The molecule has 0 bridgehead atoms. The van der Waals surface area contributed by atoms with Crippen LogP contribution in [0, 0.1) is 5.41 Å². The molecule has 1 N–H and O–H groups in total. The minimum atomic E-state index is -0.641. The third-order valence-corrected chi connectivity index (χ3v) is 3.98. The van der Waals surface area contributed by atoms with Crippen LogP contribution in [0.15, 0.2) is 42.6 Å². The number of anilines is 1. The van der Waals surface area contributed by atoms with Gasteiger partial charge < -0.3 is 10.1 Å². The number of rotatable bonds is 4. The van der Waals surface area contributed by atoms with Crippen molar-refractivity contribution in [2.45, 2.75) is 27.7 Å². The quantitative estimate of drug-likeness (QED) is 0.713. The van der Waals surface area contributed by atoms with Gasteiger partial charge in [-0.3, -0.25) is 4.79 Å². The van der Waals surface area contributed by atoms with Gasteiger partial charge in [-0.25, -0.2) is 9.78 Å². The molecule has 140 valence electrons. The molecule has 0 fully saturated rings. The molecule has 1 aromatic carbocycles. The second-order valence-corrected chi connectivity index (χ2v) is 7.11. The van der Waals surface area contributed by atoms with Crippen LogP contribution < -0.4 is 5.32 Å². The zero-order valence-corrected chi connectivity index (χ0v) is 15.8. The minimum Gasteiger partial charge on any atom is -0.462 e. The smallest absolute Gasteiger partial charge is 0.343 e. The molecule has 0 saturated heterocycles. The molecule has 7 heteroatoms. The van der Waals surface area contributed by atoms with Crippen molar-refractivity contribution in [3.8, 4) is 5.82 Å². The van der Waals surface area contributed by atoms with Crippen LogP contribution in [0.1, 0.15) is 38.1 Å². The van der Waals surface area contributed by atoms with Gasteiger partial charge in [-0.05, 0) is 25.1 Å². The molecule has 1 amide bonds. The van der Waals surface area contributed by atoms with E-state index in [-0.39, 0.29) is 23.9 Å². The van der Waals surface area contributed by atoms with Crippen molar-refractivity contribution >= 4 is 28.6 Å². The number of nitrogens with one attached hydrogen (secondary N) is 1. The Labute approximate surface area is 157 Å². The van der Waals surface area contributed by atoms with Crippen molar-refractivity contribution in [1.82, 2.24) is 14.8 Å². The first-order chi connectivity index (χ1) is 12.8. The molecule has 0 aliphatic heterocycles. The van der Waals surface area contributed by atoms with Crippen molar-refractivity contribution < 1.29 is 14.3 Å². The third kappa shape index (κ3) is 3.81. The Balaban J connectivity index is 2.10. The Kier molecular flexibility index (Phi) is 4.94. The summed E-state index contributed by atoms with van der Waals surface area (Å²) in [4.78, 5) is 29.4. The van der Waals surface area contributed by atoms with E-state index in [1.807, 2.05) is 30.3 Å². The number of amides is 1. The third-order valence-electron chi connectivity index (χ3n) is 3.98. The molecular formula is C20H22N4O3. The van der Waals surface area contributed by atoms with Crippen LogP contribution in [-0.4, -0.2) is 33.2 Å². The number of pyridine rings is 1. The number of hydrogen-bond donors (Lipinski definition) is 1. The van der Waals surface area contributed by atoms with Crippen LogP contribution >= 0.6 is 0 Å². The van der Waals surface area contributed by atoms with E-state index < -0.39 is 11.4 Å². The Morgan fingerprint density at radius 2 is 1.89 bits per heavy atom. The first-order valence-electron chi connectivity index (χ1n) is 8.74. The van der Waals surface area contributed by atoms with Gasteiger partial charge in [0.05, 0.1) is 18.3 Å². The minimum absolute atomic E-state index is 0.185. The fourth-order valence-corrected chi connectivity index (χ4v) is 2.47. The van der Waals surface area contributed by atoms with E-state index in [9.17, 15) is 9.59 Å². The highest BCUT2D eigenvalue weighted by molar-refractivity contribution is 6.02. The van der Waals surface area contributed by atoms with E-state index >= 15 is 0 Å². The Bertz CT molecular complexity index is 1000. The van der Waals surface area contributed by atoms with E-state index in [1.54, 1.807) is 33.8 Å². The van der Waals surface area contributed by atoms with Crippen molar-refractivity contribution in [2.24, 2.45) is 5.41 Å². The average molecular weight is 366 g/mol. The number of nitrogens with zero attached hydrogens (tertiary/aromatic N) is 3. The lowest BCUT2D eigenvalue weighted by molar-refractivity contribution is -0.123. The van der Waals surface area contributed by atoms with Crippen LogP contribution in [0.5, 0.6) is 0 Å². The van der Waals surface area contributed by atoms with Crippen molar-refractivity contribution in [1.29, 1.82) is 0 Å². The molecule has 2 heterocycles. The van der Waals surface area contributed by atoms with Gasteiger partial charge in [0.25, 0.3) is 0 Å². The number of hydrogen-bond acceptors (Lipinski definition) is 5. The molecule has 0 aliphatic carbocycles. The maximum atomic E-state index is 12.5. The monoisotopic (exact) mass is 366 g/mol. The standard InChI is InChI=1S/C20H22N4O3/c1-5-27-18(25)14-12-21-24(17(14)23-19(26)20(2,3)4)16-11-10-13-8-6-7-9-15(13)22-16/h6-12H,5H2,1-4H3,(H,23,26). The lowest BCUT2D eigenvalue weighted by Gasteiger charge is -2.19. The van der Waals surface area contributed by atoms with Crippen LogP contribution in [0.2, 0.25) is 0 Å². The zero-order valence-electron chi connectivity index (χ0n) is 15.8. The Hall–Kier alpha value is -3.22. The number of carbonyl (C=O) groups excluding carboxylic acids is 2. The Morgan fingerprint density at radius 1 is 1.15 bits per heavy atom. The number of benzene rings is 1. The topological polar surface area (TPSA) is 86.1 Å². The molecule has 2 aromatic heterocycles. The molecule has 0 atom stereocenters. The first-order valence-corrected chi connectivity index (χ1v) is 8.74. The van der Waals surface area contributed by atoms with Gasteiger partial charge in [0.2, 0.25) is 5.91 Å². The molecule has 0 radical (unpaired) electrons. The number of esters is 1.